The van der Waals surface area contributed by atoms with Gasteiger partial charge in [-0.3, -0.25) is 4.79 Å². The van der Waals surface area contributed by atoms with E-state index in [9.17, 15) is 4.79 Å². The van der Waals surface area contributed by atoms with Gasteiger partial charge in [-0.1, -0.05) is 48.5 Å². The fraction of sp³-hybridized carbons (Fsp3) is 0.208. The molecule has 0 bridgehead atoms. The van der Waals surface area contributed by atoms with E-state index in [-0.39, 0.29) is 11.9 Å². The van der Waals surface area contributed by atoms with Gasteiger partial charge in [-0.2, -0.15) is 0 Å². The van der Waals surface area contributed by atoms with Crippen LogP contribution in [0.15, 0.2) is 83.8 Å². The van der Waals surface area contributed by atoms with Crippen molar-refractivity contribution in [3.8, 4) is 5.75 Å². The van der Waals surface area contributed by atoms with Crippen molar-refractivity contribution in [2.45, 2.75) is 30.5 Å². The third-order valence-corrected chi connectivity index (χ3v) is 5.47. The van der Waals surface area contributed by atoms with Crippen molar-refractivity contribution in [3.63, 3.8) is 0 Å². The van der Waals surface area contributed by atoms with E-state index in [0.29, 0.717) is 12.2 Å². The lowest BCUT2D eigenvalue weighted by Crippen LogP contribution is -2.26. The topological polar surface area (TPSA) is 38.3 Å². The van der Waals surface area contributed by atoms with Gasteiger partial charge in [0, 0.05) is 21.8 Å². The molecule has 0 aliphatic carbocycles. The third-order valence-electron chi connectivity index (χ3n) is 4.41. The van der Waals surface area contributed by atoms with Crippen molar-refractivity contribution in [3.05, 3.63) is 95.6 Å². The van der Waals surface area contributed by atoms with Crippen LogP contribution >= 0.6 is 11.8 Å². The Kier molecular flexibility index (Phi) is 7.15. The summed E-state index contributed by atoms with van der Waals surface area (Å²) in [5.74, 6) is 1.50. The number of carbonyl (C=O) groups is 1. The molecule has 1 N–H and O–H groups in total. The second-order valence-corrected chi connectivity index (χ2v) is 7.51. The molecule has 1 atom stereocenters. The number of carbonyl (C=O) groups excluding carboxylic acids is 1. The van der Waals surface area contributed by atoms with Crippen LogP contribution in [0.1, 0.15) is 41.4 Å². The highest BCUT2D eigenvalue weighted by atomic mass is 32.2. The molecular weight excluding hydrogens is 366 g/mol. The number of benzene rings is 3. The normalized spacial score (nSPS) is 11.6. The summed E-state index contributed by atoms with van der Waals surface area (Å²) in [4.78, 5) is 14.0. The first-order valence-electron chi connectivity index (χ1n) is 9.46. The molecule has 0 saturated carbocycles. The number of hydrogen-bond donors (Lipinski definition) is 1. The van der Waals surface area contributed by atoms with Gasteiger partial charge in [0.1, 0.15) is 5.75 Å². The van der Waals surface area contributed by atoms with Crippen LogP contribution in [0.3, 0.4) is 0 Å². The van der Waals surface area contributed by atoms with E-state index in [2.05, 4.69) is 17.4 Å². The molecule has 0 aliphatic heterocycles. The second-order valence-electron chi connectivity index (χ2n) is 6.46. The van der Waals surface area contributed by atoms with Crippen LogP contribution in [-0.4, -0.2) is 12.5 Å². The van der Waals surface area contributed by atoms with Crippen molar-refractivity contribution in [1.29, 1.82) is 0 Å². The molecule has 0 fully saturated rings. The summed E-state index contributed by atoms with van der Waals surface area (Å²) in [6, 6.07) is 25.8. The fourth-order valence-corrected chi connectivity index (χ4v) is 3.81. The Hall–Kier alpha value is -2.72. The molecule has 0 unspecified atom stereocenters. The van der Waals surface area contributed by atoms with Crippen LogP contribution in [0, 0.1) is 0 Å². The Morgan fingerprint density at radius 3 is 2.36 bits per heavy atom. The van der Waals surface area contributed by atoms with E-state index < -0.39 is 0 Å². The lowest BCUT2D eigenvalue weighted by atomic mass is 10.1. The van der Waals surface area contributed by atoms with E-state index in [1.54, 1.807) is 11.8 Å². The van der Waals surface area contributed by atoms with Crippen molar-refractivity contribution < 1.29 is 9.53 Å². The largest absolute Gasteiger partial charge is 0.494 e. The van der Waals surface area contributed by atoms with Gasteiger partial charge in [0.05, 0.1) is 12.6 Å². The van der Waals surface area contributed by atoms with E-state index in [4.69, 9.17) is 4.74 Å². The molecular formula is C24H25NO2S. The monoisotopic (exact) mass is 391 g/mol. The Balaban J connectivity index is 1.74. The summed E-state index contributed by atoms with van der Waals surface area (Å²) in [7, 11) is 0. The van der Waals surface area contributed by atoms with Crippen molar-refractivity contribution in [2.24, 2.45) is 0 Å². The van der Waals surface area contributed by atoms with Gasteiger partial charge in [0.25, 0.3) is 5.91 Å². The van der Waals surface area contributed by atoms with E-state index in [0.717, 1.165) is 22.6 Å². The van der Waals surface area contributed by atoms with Crippen molar-refractivity contribution >= 4 is 17.7 Å². The summed E-state index contributed by atoms with van der Waals surface area (Å²) < 4.78 is 5.77. The summed E-state index contributed by atoms with van der Waals surface area (Å²) >= 11 is 1.73. The van der Waals surface area contributed by atoms with Gasteiger partial charge in [-0.25, -0.2) is 0 Å². The predicted octanol–water partition coefficient (Wildman–Crippen LogP) is 5.87. The number of ether oxygens (including phenoxy) is 1. The Labute approximate surface area is 171 Å². The molecule has 3 nitrogen and oxygen atoms in total. The molecule has 144 valence electrons. The maximum atomic E-state index is 12.8. The van der Waals surface area contributed by atoms with Gasteiger partial charge in [-0.05, 0) is 49.7 Å². The first kappa shape index (κ1) is 20.0. The van der Waals surface area contributed by atoms with Crippen molar-refractivity contribution in [2.75, 3.05) is 6.61 Å². The van der Waals surface area contributed by atoms with Crippen LogP contribution in [0.5, 0.6) is 5.75 Å². The highest BCUT2D eigenvalue weighted by molar-refractivity contribution is 7.98. The minimum Gasteiger partial charge on any atom is -0.494 e. The molecule has 3 aromatic carbocycles. The number of thioether (sulfide) groups is 1. The highest BCUT2D eigenvalue weighted by Gasteiger charge is 2.14. The quantitative estimate of drug-likeness (QED) is 0.488. The van der Waals surface area contributed by atoms with E-state index in [1.807, 2.05) is 80.6 Å². The van der Waals surface area contributed by atoms with Gasteiger partial charge >= 0.3 is 0 Å². The first-order valence-corrected chi connectivity index (χ1v) is 10.5. The number of amides is 1. The molecule has 0 radical (unpaired) electrons. The molecule has 3 rings (SSSR count). The maximum Gasteiger partial charge on any atom is 0.251 e. The van der Waals surface area contributed by atoms with Crippen LogP contribution in [0.4, 0.5) is 0 Å². The zero-order valence-electron chi connectivity index (χ0n) is 16.2. The maximum absolute atomic E-state index is 12.8. The lowest BCUT2D eigenvalue weighted by Gasteiger charge is -2.16. The molecule has 3 aromatic rings. The zero-order chi connectivity index (χ0) is 19.8. The summed E-state index contributed by atoms with van der Waals surface area (Å²) in [5.41, 5.74) is 2.76. The molecule has 4 heteroatoms. The molecule has 1 amide bonds. The standard InChI is InChI=1S/C24H25NO2S/c1-3-27-23-15-14-20(16-21(23)17-28-22-12-8-5-9-13-22)24(26)25-18(2)19-10-6-4-7-11-19/h4-16,18H,3,17H2,1-2H3,(H,25,26)/t18-/m1/s1. The first-order chi connectivity index (χ1) is 13.7. The highest BCUT2D eigenvalue weighted by Crippen LogP contribution is 2.29. The number of hydrogen-bond acceptors (Lipinski definition) is 3. The fourth-order valence-electron chi connectivity index (χ4n) is 2.91. The minimum atomic E-state index is -0.0784. The average molecular weight is 392 g/mol. The summed E-state index contributed by atoms with van der Waals surface area (Å²) in [6.45, 7) is 4.56. The molecule has 0 aliphatic rings. The molecule has 0 saturated heterocycles. The number of rotatable bonds is 8. The van der Waals surface area contributed by atoms with E-state index >= 15 is 0 Å². The van der Waals surface area contributed by atoms with Crippen molar-refractivity contribution in [1.82, 2.24) is 5.32 Å². The zero-order valence-corrected chi connectivity index (χ0v) is 17.0. The van der Waals surface area contributed by atoms with Gasteiger partial charge in [0.15, 0.2) is 0 Å². The lowest BCUT2D eigenvalue weighted by molar-refractivity contribution is 0.0939. The summed E-state index contributed by atoms with van der Waals surface area (Å²) in [5, 5.41) is 3.08. The summed E-state index contributed by atoms with van der Waals surface area (Å²) in [6.07, 6.45) is 0. The Morgan fingerprint density at radius 1 is 1.00 bits per heavy atom. The van der Waals surface area contributed by atoms with Gasteiger partial charge < -0.3 is 10.1 Å². The van der Waals surface area contributed by atoms with Crippen LogP contribution in [-0.2, 0) is 5.75 Å². The SMILES string of the molecule is CCOc1ccc(C(=O)N[C@H](C)c2ccccc2)cc1CSc1ccccc1. The van der Waals surface area contributed by atoms with Gasteiger partial charge in [-0.15, -0.1) is 11.8 Å². The molecule has 0 spiro atoms. The smallest absolute Gasteiger partial charge is 0.251 e. The van der Waals surface area contributed by atoms with Crippen LogP contribution in [0.25, 0.3) is 0 Å². The minimum absolute atomic E-state index is 0.0533. The molecule has 28 heavy (non-hydrogen) atoms. The molecule has 0 aromatic heterocycles. The van der Waals surface area contributed by atoms with E-state index in [1.165, 1.54) is 4.90 Å². The third kappa shape index (κ3) is 5.40. The average Bonchev–Trinajstić information content (AvgIpc) is 2.74. The number of nitrogens with one attached hydrogen (secondary N) is 1. The van der Waals surface area contributed by atoms with Crippen LogP contribution in [0.2, 0.25) is 0 Å². The Bertz CT molecular complexity index is 897. The van der Waals surface area contributed by atoms with Crippen LogP contribution < -0.4 is 10.1 Å². The Morgan fingerprint density at radius 2 is 1.68 bits per heavy atom. The predicted molar refractivity (Wildman–Crippen MR) is 116 cm³/mol. The second kappa shape index (κ2) is 10.00. The van der Waals surface area contributed by atoms with Gasteiger partial charge in [0.2, 0.25) is 0 Å². The molecule has 0 heterocycles.